The summed E-state index contributed by atoms with van der Waals surface area (Å²) in [4.78, 5) is 29.1. The number of fused-ring (bicyclic) bond motifs is 1. The Morgan fingerprint density at radius 2 is 1.48 bits per heavy atom. The van der Waals surface area contributed by atoms with Gasteiger partial charge in [-0.3, -0.25) is 9.59 Å². The maximum atomic E-state index is 12.9. The monoisotopic (exact) mass is 292 g/mol. The van der Waals surface area contributed by atoms with E-state index in [9.17, 15) is 9.59 Å². The second-order valence-electron chi connectivity index (χ2n) is 7.17. The Labute approximate surface area is 127 Å². The van der Waals surface area contributed by atoms with Crippen LogP contribution in [0, 0.1) is 5.92 Å². The lowest BCUT2D eigenvalue weighted by molar-refractivity contribution is -0.155. The van der Waals surface area contributed by atoms with Crippen molar-refractivity contribution in [2.24, 2.45) is 5.92 Å². The summed E-state index contributed by atoms with van der Waals surface area (Å²) in [7, 11) is 0. The van der Waals surface area contributed by atoms with Crippen molar-refractivity contribution in [3.63, 3.8) is 0 Å². The van der Waals surface area contributed by atoms with Crippen molar-refractivity contribution in [2.75, 3.05) is 6.54 Å². The van der Waals surface area contributed by atoms with Crippen LogP contribution in [0.1, 0.15) is 65.2 Å². The first-order chi connectivity index (χ1) is 10.1. The summed E-state index contributed by atoms with van der Waals surface area (Å²) in [6.07, 6.45) is 9.04. The normalized spacial score (nSPS) is 33.9. The number of amides is 2. The van der Waals surface area contributed by atoms with Gasteiger partial charge in [-0.2, -0.15) is 0 Å². The molecule has 1 saturated heterocycles. The van der Waals surface area contributed by atoms with E-state index in [2.05, 4.69) is 16.7 Å². The summed E-state index contributed by atoms with van der Waals surface area (Å²) in [6, 6.07) is 0.685. The van der Waals surface area contributed by atoms with Gasteiger partial charge in [-0.1, -0.05) is 25.7 Å². The molecule has 3 aliphatic rings. The molecule has 21 heavy (non-hydrogen) atoms. The Hall–Kier alpha value is -1.06. The summed E-state index contributed by atoms with van der Waals surface area (Å²) >= 11 is 0. The quantitative estimate of drug-likeness (QED) is 0.745. The third-order valence-corrected chi connectivity index (χ3v) is 5.74. The van der Waals surface area contributed by atoms with Gasteiger partial charge in [0.1, 0.15) is 0 Å². The Morgan fingerprint density at radius 1 is 0.905 bits per heavy atom. The van der Waals surface area contributed by atoms with Crippen LogP contribution in [0.4, 0.5) is 0 Å². The minimum Gasteiger partial charge on any atom is -0.335 e. The van der Waals surface area contributed by atoms with Gasteiger partial charge in [0, 0.05) is 25.4 Å². The zero-order chi connectivity index (χ0) is 15.0. The molecule has 1 heterocycles. The Morgan fingerprint density at radius 3 is 2.10 bits per heavy atom. The maximum absolute atomic E-state index is 12.9. The summed E-state index contributed by atoms with van der Waals surface area (Å²) in [5, 5.41) is 0. The van der Waals surface area contributed by atoms with Gasteiger partial charge in [0.05, 0.1) is 12.1 Å². The number of rotatable bonds is 1. The molecule has 0 aromatic carbocycles. The second kappa shape index (κ2) is 5.98. The SMILES string of the molecule is CC(=O)N1C2CCCCC2N(C(=O)C2CCCC2)C[C@@H]1C. The molecule has 3 fully saturated rings. The molecule has 2 unspecified atom stereocenters. The van der Waals surface area contributed by atoms with E-state index in [1.807, 2.05) is 0 Å². The first-order valence-corrected chi connectivity index (χ1v) is 8.69. The summed E-state index contributed by atoms with van der Waals surface area (Å²) in [6.45, 7) is 4.51. The van der Waals surface area contributed by atoms with Crippen molar-refractivity contribution >= 4 is 11.8 Å². The highest BCUT2D eigenvalue weighted by molar-refractivity contribution is 5.80. The lowest BCUT2D eigenvalue weighted by atomic mass is 9.84. The summed E-state index contributed by atoms with van der Waals surface area (Å²) < 4.78 is 0. The zero-order valence-corrected chi connectivity index (χ0v) is 13.4. The third-order valence-electron chi connectivity index (χ3n) is 5.74. The largest absolute Gasteiger partial charge is 0.335 e. The molecule has 4 heteroatoms. The topological polar surface area (TPSA) is 40.6 Å². The van der Waals surface area contributed by atoms with E-state index in [0.717, 1.165) is 32.2 Å². The van der Waals surface area contributed by atoms with Crippen molar-refractivity contribution in [1.29, 1.82) is 0 Å². The van der Waals surface area contributed by atoms with Crippen LogP contribution in [0.15, 0.2) is 0 Å². The Kier molecular flexibility index (Phi) is 4.23. The van der Waals surface area contributed by atoms with Crippen molar-refractivity contribution in [3.05, 3.63) is 0 Å². The third kappa shape index (κ3) is 2.69. The molecule has 0 aromatic heterocycles. The van der Waals surface area contributed by atoms with Crippen molar-refractivity contribution in [1.82, 2.24) is 9.80 Å². The molecule has 3 atom stereocenters. The Bertz CT molecular complexity index is 417. The molecule has 1 aliphatic heterocycles. The number of nitrogens with zero attached hydrogens (tertiary/aromatic N) is 2. The minimum absolute atomic E-state index is 0.159. The van der Waals surface area contributed by atoms with E-state index in [1.54, 1.807) is 6.92 Å². The van der Waals surface area contributed by atoms with Crippen molar-refractivity contribution < 1.29 is 9.59 Å². The first-order valence-electron chi connectivity index (χ1n) is 8.69. The standard InChI is InChI=1S/C17H28N2O2/c1-12-11-18(17(21)14-7-3-4-8-14)15-9-5-6-10-16(15)19(12)13(2)20/h12,14-16H,3-11H2,1-2H3/t12-,15?,16?/m0/s1. The lowest BCUT2D eigenvalue weighted by Crippen LogP contribution is -2.66. The van der Waals surface area contributed by atoms with Gasteiger partial charge >= 0.3 is 0 Å². The van der Waals surface area contributed by atoms with E-state index in [-0.39, 0.29) is 30.0 Å². The van der Waals surface area contributed by atoms with E-state index in [0.29, 0.717) is 5.91 Å². The van der Waals surface area contributed by atoms with Crippen LogP contribution in [0.25, 0.3) is 0 Å². The fraction of sp³-hybridized carbons (Fsp3) is 0.882. The molecule has 4 nitrogen and oxygen atoms in total. The van der Waals surface area contributed by atoms with E-state index in [1.165, 1.54) is 25.7 Å². The van der Waals surface area contributed by atoms with Crippen molar-refractivity contribution in [2.45, 2.75) is 83.3 Å². The van der Waals surface area contributed by atoms with Crippen LogP contribution in [-0.4, -0.2) is 46.3 Å². The number of hydrogen-bond donors (Lipinski definition) is 0. The summed E-state index contributed by atoms with van der Waals surface area (Å²) in [5.74, 6) is 0.801. The zero-order valence-electron chi connectivity index (χ0n) is 13.4. The highest BCUT2D eigenvalue weighted by atomic mass is 16.2. The van der Waals surface area contributed by atoms with Crippen LogP contribution in [0.2, 0.25) is 0 Å². The average molecular weight is 292 g/mol. The molecular weight excluding hydrogens is 264 g/mol. The molecule has 3 rings (SSSR count). The van der Waals surface area contributed by atoms with Gasteiger partial charge in [0.25, 0.3) is 0 Å². The molecule has 0 spiro atoms. The van der Waals surface area contributed by atoms with Crippen LogP contribution in [-0.2, 0) is 9.59 Å². The van der Waals surface area contributed by atoms with Gasteiger partial charge in [0.15, 0.2) is 0 Å². The minimum atomic E-state index is 0.159. The van der Waals surface area contributed by atoms with Crippen LogP contribution < -0.4 is 0 Å². The molecule has 118 valence electrons. The van der Waals surface area contributed by atoms with E-state index in [4.69, 9.17) is 0 Å². The number of piperazine rings is 1. The van der Waals surface area contributed by atoms with Crippen LogP contribution in [0.5, 0.6) is 0 Å². The highest BCUT2D eigenvalue weighted by Gasteiger charge is 2.45. The van der Waals surface area contributed by atoms with Crippen molar-refractivity contribution in [3.8, 4) is 0 Å². The summed E-state index contributed by atoms with van der Waals surface area (Å²) in [5.41, 5.74) is 0. The highest BCUT2D eigenvalue weighted by Crippen LogP contribution is 2.35. The van der Waals surface area contributed by atoms with Crippen LogP contribution >= 0.6 is 0 Å². The predicted molar refractivity (Wildman–Crippen MR) is 81.7 cm³/mol. The molecule has 0 aromatic rings. The molecule has 0 N–H and O–H groups in total. The smallest absolute Gasteiger partial charge is 0.226 e. The fourth-order valence-corrected chi connectivity index (χ4v) is 4.82. The molecular formula is C17H28N2O2. The number of hydrogen-bond acceptors (Lipinski definition) is 2. The second-order valence-corrected chi connectivity index (χ2v) is 7.17. The predicted octanol–water partition coefficient (Wildman–Crippen LogP) is 2.57. The number of carbonyl (C=O) groups excluding carboxylic acids is 2. The van der Waals surface area contributed by atoms with E-state index >= 15 is 0 Å². The maximum Gasteiger partial charge on any atom is 0.226 e. The average Bonchev–Trinajstić information content (AvgIpc) is 2.99. The Balaban J connectivity index is 1.81. The van der Waals surface area contributed by atoms with Gasteiger partial charge in [-0.25, -0.2) is 0 Å². The molecule has 0 radical (unpaired) electrons. The molecule has 0 bridgehead atoms. The number of carbonyl (C=O) groups is 2. The molecule has 2 aliphatic carbocycles. The lowest BCUT2D eigenvalue weighted by Gasteiger charge is -2.53. The van der Waals surface area contributed by atoms with Crippen LogP contribution in [0.3, 0.4) is 0 Å². The van der Waals surface area contributed by atoms with E-state index < -0.39 is 0 Å². The molecule has 2 saturated carbocycles. The molecule has 2 amide bonds. The van der Waals surface area contributed by atoms with Gasteiger partial charge in [-0.05, 0) is 32.6 Å². The first kappa shape index (κ1) is 14.9. The van der Waals surface area contributed by atoms with Gasteiger partial charge in [-0.15, -0.1) is 0 Å². The fourth-order valence-electron chi connectivity index (χ4n) is 4.82. The van der Waals surface area contributed by atoms with Gasteiger partial charge in [0.2, 0.25) is 11.8 Å². The van der Waals surface area contributed by atoms with Gasteiger partial charge < -0.3 is 9.80 Å².